The van der Waals surface area contributed by atoms with Gasteiger partial charge in [0, 0.05) is 11.8 Å². The van der Waals surface area contributed by atoms with Gasteiger partial charge in [-0.05, 0) is 23.6 Å². The number of carbonyl (C=O) groups is 1. The molecule has 6 heteroatoms. The van der Waals surface area contributed by atoms with E-state index in [1.165, 1.54) is 29.0 Å². The highest BCUT2D eigenvalue weighted by Crippen LogP contribution is 2.24. The molecule has 2 rings (SSSR count). The Kier molecular flexibility index (Phi) is 4.61. The van der Waals surface area contributed by atoms with E-state index in [4.69, 9.17) is 0 Å². The summed E-state index contributed by atoms with van der Waals surface area (Å²) in [6.07, 6.45) is 0.634. The number of aliphatic hydroxyl groups excluding tert-OH is 1. The van der Waals surface area contributed by atoms with Crippen molar-refractivity contribution in [3.8, 4) is 0 Å². The highest BCUT2D eigenvalue weighted by Gasteiger charge is 2.20. The number of carboxylic acid groups (broad SMARTS) is 1. The topological polar surface area (TPSA) is 62.5 Å². The molecule has 0 radical (unpaired) electrons. The Hall–Kier alpha value is -2.21. The zero-order valence-electron chi connectivity index (χ0n) is 12.3. The van der Waals surface area contributed by atoms with Crippen molar-refractivity contribution in [2.45, 2.75) is 26.5 Å². The summed E-state index contributed by atoms with van der Waals surface area (Å²) in [4.78, 5) is 11.3. The van der Waals surface area contributed by atoms with Crippen LogP contribution in [0, 0.1) is 17.6 Å². The van der Waals surface area contributed by atoms with Gasteiger partial charge in [-0.15, -0.1) is 0 Å². The van der Waals surface area contributed by atoms with Gasteiger partial charge in [0.25, 0.3) is 0 Å². The van der Waals surface area contributed by atoms with E-state index in [0.717, 1.165) is 6.07 Å². The summed E-state index contributed by atoms with van der Waals surface area (Å²) in [6.45, 7) is 3.47. The third-order valence-electron chi connectivity index (χ3n) is 3.48. The Balaban J connectivity index is 2.41. The molecule has 0 amide bonds. The summed E-state index contributed by atoms with van der Waals surface area (Å²) in [5.41, 5.74) is 0.395. The molecule has 4 nitrogen and oxygen atoms in total. The molecular formula is C16H17F2NO3. The smallest absolute Gasteiger partial charge is 0.352 e. The molecular weight excluding hydrogens is 292 g/mol. The van der Waals surface area contributed by atoms with E-state index >= 15 is 0 Å². The first-order valence-corrected chi connectivity index (χ1v) is 6.85. The normalized spacial score (nSPS) is 12.6. The standard InChI is InChI=1S/C16H17F2NO3/c1-9(2)15(20)11-6-13(16(21)22)19(8-11)7-10-4-3-5-12(17)14(10)18/h3-6,8-9,15,20H,7H2,1-2H3,(H,21,22). The van der Waals surface area contributed by atoms with E-state index in [2.05, 4.69) is 0 Å². The van der Waals surface area contributed by atoms with Gasteiger partial charge in [-0.3, -0.25) is 0 Å². The molecule has 22 heavy (non-hydrogen) atoms. The quantitative estimate of drug-likeness (QED) is 0.891. The molecule has 0 bridgehead atoms. The Labute approximate surface area is 126 Å². The van der Waals surface area contributed by atoms with Crippen molar-refractivity contribution in [3.05, 3.63) is 58.9 Å². The maximum absolute atomic E-state index is 13.7. The van der Waals surface area contributed by atoms with Crippen LogP contribution in [-0.2, 0) is 6.54 Å². The van der Waals surface area contributed by atoms with Crippen molar-refractivity contribution in [3.63, 3.8) is 0 Å². The second-order valence-corrected chi connectivity index (χ2v) is 5.49. The number of aliphatic hydroxyl groups is 1. The lowest BCUT2D eigenvalue weighted by atomic mass is 10.0. The van der Waals surface area contributed by atoms with E-state index in [9.17, 15) is 23.8 Å². The van der Waals surface area contributed by atoms with Crippen LogP contribution in [-0.4, -0.2) is 20.7 Å². The first-order chi connectivity index (χ1) is 10.3. The molecule has 2 N–H and O–H groups in total. The summed E-state index contributed by atoms with van der Waals surface area (Å²) >= 11 is 0. The number of carboxylic acids is 1. The molecule has 0 saturated heterocycles. The second kappa shape index (κ2) is 6.27. The molecule has 1 atom stereocenters. The predicted octanol–water partition coefficient (Wildman–Crippen LogP) is 3.20. The molecule has 118 valence electrons. The highest BCUT2D eigenvalue weighted by atomic mass is 19.2. The molecule has 0 aliphatic carbocycles. The summed E-state index contributed by atoms with van der Waals surface area (Å²) < 4.78 is 28.3. The van der Waals surface area contributed by atoms with Gasteiger partial charge in [-0.1, -0.05) is 26.0 Å². The van der Waals surface area contributed by atoms with Crippen molar-refractivity contribution >= 4 is 5.97 Å². The average molecular weight is 309 g/mol. The van der Waals surface area contributed by atoms with Crippen molar-refractivity contribution in [1.29, 1.82) is 0 Å². The largest absolute Gasteiger partial charge is 0.477 e. The number of halogens is 2. The third-order valence-corrected chi connectivity index (χ3v) is 3.48. The SMILES string of the molecule is CC(C)C(O)c1cc(C(=O)O)n(Cc2cccc(F)c2F)c1. The second-order valence-electron chi connectivity index (χ2n) is 5.49. The van der Waals surface area contributed by atoms with Crippen molar-refractivity contribution in [2.75, 3.05) is 0 Å². The number of hydrogen-bond acceptors (Lipinski definition) is 2. The molecule has 0 spiro atoms. The fraction of sp³-hybridized carbons (Fsp3) is 0.312. The van der Waals surface area contributed by atoms with E-state index in [0.29, 0.717) is 5.56 Å². The molecule has 0 aliphatic rings. The zero-order valence-corrected chi connectivity index (χ0v) is 12.3. The number of aromatic nitrogens is 1. The first kappa shape index (κ1) is 16.2. The number of aromatic carboxylic acids is 1. The summed E-state index contributed by atoms with van der Waals surface area (Å²) in [6, 6.07) is 5.11. The maximum atomic E-state index is 13.7. The van der Waals surface area contributed by atoms with Gasteiger partial charge in [0.05, 0.1) is 12.6 Å². The minimum atomic E-state index is -1.20. The van der Waals surface area contributed by atoms with E-state index in [1.54, 1.807) is 13.8 Å². The summed E-state index contributed by atoms with van der Waals surface area (Å²) in [5.74, 6) is -3.27. The minimum Gasteiger partial charge on any atom is -0.477 e. The molecule has 1 heterocycles. The number of nitrogens with zero attached hydrogens (tertiary/aromatic N) is 1. The van der Waals surface area contributed by atoms with E-state index in [1.807, 2.05) is 0 Å². The Morgan fingerprint density at radius 1 is 1.32 bits per heavy atom. The number of benzene rings is 1. The third kappa shape index (κ3) is 3.17. The van der Waals surface area contributed by atoms with Gasteiger partial charge >= 0.3 is 5.97 Å². The molecule has 2 aromatic rings. The molecule has 0 saturated carbocycles. The van der Waals surface area contributed by atoms with Gasteiger partial charge < -0.3 is 14.8 Å². The zero-order chi connectivity index (χ0) is 16.4. The Bertz CT molecular complexity index is 695. The summed E-state index contributed by atoms with van der Waals surface area (Å²) in [7, 11) is 0. The molecule has 0 fully saturated rings. The van der Waals surface area contributed by atoms with Crippen LogP contribution in [0.25, 0.3) is 0 Å². The fourth-order valence-electron chi connectivity index (χ4n) is 2.24. The van der Waals surface area contributed by atoms with Crippen LogP contribution < -0.4 is 0 Å². The predicted molar refractivity (Wildman–Crippen MR) is 76.6 cm³/mol. The molecule has 1 aromatic heterocycles. The van der Waals surface area contributed by atoms with Crippen LogP contribution >= 0.6 is 0 Å². The van der Waals surface area contributed by atoms with E-state index < -0.39 is 23.7 Å². The van der Waals surface area contributed by atoms with Gasteiger partial charge in [0.1, 0.15) is 5.69 Å². The Morgan fingerprint density at radius 3 is 2.59 bits per heavy atom. The minimum absolute atomic E-state index is 0.0451. The summed E-state index contributed by atoms with van der Waals surface area (Å²) in [5, 5.41) is 19.3. The molecule has 1 aromatic carbocycles. The average Bonchev–Trinajstić information content (AvgIpc) is 2.87. The Morgan fingerprint density at radius 2 is 2.00 bits per heavy atom. The molecule has 1 unspecified atom stereocenters. The lowest BCUT2D eigenvalue weighted by molar-refractivity contribution is 0.0685. The van der Waals surface area contributed by atoms with Crippen molar-refractivity contribution in [1.82, 2.24) is 4.57 Å². The van der Waals surface area contributed by atoms with Gasteiger partial charge in [0.2, 0.25) is 0 Å². The maximum Gasteiger partial charge on any atom is 0.352 e. The lowest BCUT2D eigenvalue weighted by Crippen LogP contribution is -2.10. The van der Waals surface area contributed by atoms with Crippen LogP contribution in [0.3, 0.4) is 0 Å². The number of hydrogen-bond donors (Lipinski definition) is 2. The number of rotatable bonds is 5. The van der Waals surface area contributed by atoms with Crippen molar-refractivity contribution in [2.24, 2.45) is 5.92 Å². The van der Waals surface area contributed by atoms with E-state index in [-0.39, 0.29) is 23.7 Å². The lowest BCUT2D eigenvalue weighted by Gasteiger charge is -2.12. The van der Waals surface area contributed by atoms with Crippen LogP contribution in [0.5, 0.6) is 0 Å². The highest BCUT2D eigenvalue weighted by molar-refractivity contribution is 5.86. The monoisotopic (exact) mass is 309 g/mol. The van der Waals surface area contributed by atoms with Crippen LogP contribution in [0.1, 0.15) is 41.6 Å². The van der Waals surface area contributed by atoms with Gasteiger partial charge in [-0.2, -0.15) is 0 Å². The first-order valence-electron chi connectivity index (χ1n) is 6.85. The van der Waals surface area contributed by atoms with Crippen molar-refractivity contribution < 1.29 is 23.8 Å². The fourth-order valence-corrected chi connectivity index (χ4v) is 2.24. The van der Waals surface area contributed by atoms with Gasteiger partial charge in [0.15, 0.2) is 11.6 Å². The van der Waals surface area contributed by atoms with Gasteiger partial charge in [-0.25, -0.2) is 13.6 Å². The molecule has 0 aliphatic heterocycles. The van der Waals surface area contributed by atoms with Crippen LogP contribution in [0.4, 0.5) is 8.78 Å². The van der Waals surface area contributed by atoms with Crippen LogP contribution in [0.15, 0.2) is 30.5 Å². The van der Waals surface area contributed by atoms with Crippen LogP contribution in [0.2, 0.25) is 0 Å².